The lowest BCUT2D eigenvalue weighted by atomic mass is 9.63. The molecule has 2 rings (SSSR count). The van der Waals surface area contributed by atoms with Gasteiger partial charge in [-0.1, -0.05) is 12.1 Å². The first kappa shape index (κ1) is 9.62. The van der Waals surface area contributed by atoms with Crippen LogP contribution in [0.5, 0.6) is 0 Å². The van der Waals surface area contributed by atoms with Gasteiger partial charge in [-0.05, 0) is 37.5 Å². The highest BCUT2D eigenvalue weighted by Gasteiger charge is 2.49. The van der Waals surface area contributed by atoms with Crippen molar-refractivity contribution < 1.29 is 9.50 Å². The summed E-state index contributed by atoms with van der Waals surface area (Å²) in [6, 6.07) is 6.28. The Balaban J connectivity index is 2.25. The molecule has 1 aliphatic carbocycles. The van der Waals surface area contributed by atoms with E-state index in [1.54, 1.807) is 19.1 Å². The van der Waals surface area contributed by atoms with Gasteiger partial charge in [0.1, 0.15) is 5.82 Å². The van der Waals surface area contributed by atoms with Crippen molar-refractivity contribution in [2.45, 2.75) is 30.9 Å². The molecule has 0 saturated heterocycles. The Morgan fingerprint density at radius 1 is 1.43 bits per heavy atom. The summed E-state index contributed by atoms with van der Waals surface area (Å²) >= 11 is 0. The second kappa shape index (κ2) is 2.78. The number of rotatable bonds is 1. The van der Waals surface area contributed by atoms with E-state index in [1.165, 1.54) is 12.1 Å². The third kappa shape index (κ3) is 1.53. The fraction of sp³-hybridized carbons (Fsp3) is 0.455. The summed E-state index contributed by atoms with van der Waals surface area (Å²) in [4.78, 5) is 0. The van der Waals surface area contributed by atoms with Gasteiger partial charge in [0.15, 0.2) is 0 Å². The zero-order valence-corrected chi connectivity index (χ0v) is 8.13. The van der Waals surface area contributed by atoms with E-state index < -0.39 is 11.1 Å². The van der Waals surface area contributed by atoms with Gasteiger partial charge in [0.2, 0.25) is 0 Å². The molecule has 0 aromatic heterocycles. The van der Waals surface area contributed by atoms with Crippen LogP contribution in [0, 0.1) is 5.82 Å². The smallest absolute Gasteiger partial charge is 0.123 e. The Labute approximate surface area is 82.5 Å². The van der Waals surface area contributed by atoms with E-state index >= 15 is 0 Å². The van der Waals surface area contributed by atoms with Crippen molar-refractivity contribution >= 4 is 0 Å². The third-order valence-corrected chi connectivity index (χ3v) is 2.79. The SMILES string of the molecule is CC1(O)CC(N)(c2cccc(F)c2)C1. The summed E-state index contributed by atoms with van der Waals surface area (Å²) in [7, 11) is 0. The molecule has 0 bridgehead atoms. The molecule has 2 nitrogen and oxygen atoms in total. The molecule has 1 aromatic carbocycles. The molecular formula is C11H14FNO. The quantitative estimate of drug-likeness (QED) is 0.713. The monoisotopic (exact) mass is 195 g/mol. The summed E-state index contributed by atoms with van der Waals surface area (Å²) in [5, 5.41) is 9.61. The molecule has 1 aliphatic rings. The van der Waals surface area contributed by atoms with Gasteiger partial charge in [-0.2, -0.15) is 0 Å². The highest BCUT2D eigenvalue weighted by Crippen LogP contribution is 2.46. The number of benzene rings is 1. The van der Waals surface area contributed by atoms with Gasteiger partial charge in [-0.25, -0.2) is 4.39 Å². The molecular weight excluding hydrogens is 181 g/mol. The number of halogens is 1. The van der Waals surface area contributed by atoms with E-state index in [9.17, 15) is 9.50 Å². The van der Waals surface area contributed by atoms with E-state index in [4.69, 9.17) is 5.73 Å². The van der Waals surface area contributed by atoms with E-state index in [0.29, 0.717) is 12.8 Å². The molecule has 0 heterocycles. The van der Waals surface area contributed by atoms with Gasteiger partial charge in [0, 0.05) is 5.54 Å². The van der Waals surface area contributed by atoms with Crippen LogP contribution in [0.25, 0.3) is 0 Å². The van der Waals surface area contributed by atoms with Gasteiger partial charge in [-0.3, -0.25) is 0 Å². The fourth-order valence-electron chi connectivity index (χ4n) is 2.31. The molecule has 3 N–H and O–H groups in total. The van der Waals surface area contributed by atoms with Gasteiger partial charge in [0.25, 0.3) is 0 Å². The fourth-order valence-corrected chi connectivity index (χ4v) is 2.31. The predicted molar refractivity (Wildman–Crippen MR) is 52.1 cm³/mol. The van der Waals surface area contributed by atoms with Crippen molar-refractivity contribution in [1.82, 2.24) is 0 Å². The minimum absolute atomic E-state index is 0.279. The number of aliphatic hydroxyl groups is 1. The predicted octanol–water partition coefficient (Wildman–Crippen LogP) is 1.52. The standard InChI is InChI=1S/C11H14FNO/c1-10(14)6-11(13,7-10)8-3-2-4-9(12)5-8/h2-5,14H,6-7,13H2,1H3. The Bertz CT molecular complexity index is 354. The zero-order chi connectivity index (χ0) is 10.4. The summed E-state index contributed by atoms with van der Waals surface area (Å²) in [5.74, 6) is -0.279. The normalized spacial score (nSPS) is 36.6. The van der Waals surface area contributed by atoms with Crippen LogP contribution in [0.15, 0.2) is 24.3 Å². The van der Waals surface area contributed by atoms with Crippen molar-refractivity contribution in [1.29, 1.82) is 0 Å². The van der Waals surface area contributed by atoms with Crippen LogP contribution >= 0.6 is 0 Å². The van der Waals surface area contributed by atoms with Crippen LogP contribution in [0.3, 0.4) is 0 Å². The average molecular weight is 195 g/mol. The number of nitrogens with two attached hydrogens (primary N) is 1. The first-order valence-corrected chi connectivity index (χ1v) is 4.69. The Morgan fingerprint density at radius 3 is 2.57 bits per heavy atom. The van der Waals surface area contributed by atoms with Gasteiger partial charge in [-0.15, -0.1) is 0 Å². The molecule has 3 heteroatoms. The van der Waals surface area contributed by atoms with Crippen LogP contribution in [0.1, 0.15) is 25.3 Å². The molecule has 1 aromatic rings. The zero-order valence-electron chi connectivity index (χ0n) is 8.13. The Kier molecular flexibility index (Phi) is 1.91. The first-order chi connectivity index (χ1) is 6.41. The van der Waals surface area contributed by atoms with Gasteiger partial charge >= 0.3 is 0 Å². The van der Waals surface area contributed by atoms with Crippen LogP contribution in [-0.2, 0) is 5.54 Å². The highest BCUT2D eigenvalue weighted by molar-refractivity contribution is 5.29. The number of hydrogen-bond acceptors (Lipinski definition) is 2. The van der Waals surface area contributed by atoms with Crippen LogP contribution in [0.4, 0.5) is 4.39 Å². The second-order valence-electron chi connectivity index (χ2n) is 4.52. The van der Waals surface area contributed by atoms with E-state index in [-0.39, 0.29) is 5.82 Å². The van der Waals surface area contributed by atoms with Crippen molar-refractivity contribution in [3.8, 4) is 0 Å². The third-order valence-electron chi connectivity index (χ3n) is 2.79. The molecule has 0 radical (unpaired) electrons. The van der Waals surface area contributed by atoms with E-state index in [2.05, 4.69) is 0 Å². The van der Waals surface area contributed by atoms with Crippen molar-refractivity contribution in [3.63, 3.8) is 0 Å². The van der Waals surface area contributed by atoms with E-state index in [0.717, 1.165) is 5.56 Å². The van der Waals surface area contributed by atoms with Gasteiger partial charge < -0.3 is 10.8 Å². The minimum Gasteiger partial charge on any atom is -0.390 e. The topological polar surface area (TPSA) is 46.2 Å². The van der Waals surface area contributed by atoms with E-state index in [1.807, 2.05) is 0 Å². The van der Waals surface area contributed by atoms with Crippen LogP contribution < -0.4 is 5.73 Å². The maximum atomic E-state index is 12.9. The summed E-state index contributed by atoms with van der Waals surface area (Å²) in [6.45, 7) is 1.75. The molecule has 76 valence electrons. The molecule has 0 unspecified atom stereocenters. The lowest BCUT2D eigenvalue weighted by molar-refractivity contribution is -0.0739. The van der Waals surface area contributed by atoms with Gasteiger partial charge in [0.05, 0.1) is 5.60 Å². The Morgan fingerprint density at radius 2 is 2.07 bits per heavy atom. The maximum absolute atomic E-state index is 12.9. The van der Waals surface area contributed by atoms with Crippen molar-refractivity contribution in [3.05, 3.63) is 35.6 Å². The largest absolute Gasteiger partial charge is 0.390 e. The summed E-state index contributed by atoms with van der Waals surface area (Å²) in [6.07, 6.45) is 0.979. The minimum atomic E-state index is -0.693. The molecule has 0 amide bonds. The average Bonchev–Trinajstić information content (AvgIpc) is 2.00. The van der Waals surface area contributed by atoms with Crippen molar-refractivity contribution in [2.24, 2.45) is 5.73 Å². The summed E-state index contributed by atoms with van der Waals surface area (Å²) in [5.41, 5.74) is 5.57. The molecule has 0 atom stereocenters. The highest BCUT2D eigenvalue weighted by atomic mass is 19.1. The number of hydrogen-bond donors (Lipinski definition) is 2. The van der Waals surface area contributed by atoms with Crippen molar-refractivity contribution in [2.75, 3.05) is 0 Å². The first-order valence-electron chi connectivity index (χ1n) is 4.69. The maximum Gasteiger partial charge on any atom is 0.123 e. The van der Waals surface area contributed by atoms with Crippen LogP contribution in [-0.4, -0.2) is 10.7 Å². The second-order valence-corrected chi connectivity index (χ2v) is 4.52. The molecule has 1 fully saturated rings. The molecule has 14 heavy (non-hydrogen) atoms. The summed E-state index contributed by atoms with van der Waals surface area (Å²) < 4.78 is 12.9. The lowest BCUT2D eigenvalue weighted by Gasteiger charge is -2.49. The molecule has 0 spiro atoms. The molecule has 0 aliphatic heterocycles. The lowest BCUT2D eigenvalue weighted by Crippen LogP contribution is -2.58. The molecule has 1 saturated carbocycles. The Hall–Kier alpha value is -0.930. The van der Waals surface area contributed by atoms with Crippen LogP contribution in [0.2, 0.25) is 0 Å².